The van der Waals surface area contributed by atoms with Crippen molar-refractivity contribution >= 4 is 16.9 Å². The van der Waals surface area contributed by atoms with Crippen LogP contribution in [0.3, 0.4) is 0 Å². The lowest BCUT2D eigenvalue weighted by Crippen LogP contribution is -2.33. The molecule has 0 radical (unpaired) electrons. The topological polar surface area (TPSA) is 126 Å². The standard InChI is InChI=1S/C13H19N5O4/c1-2-3-14-11-7-4-17-18(12(7)16-6-15-11)13-10(21)9(20)8(5-19)22-13/h4,6,8-10,13,19-21H,2-3,5H2,1H3,(H,14,15,16). The fourth-order valence-corrected chi connectivity index (χ4v) is 2.51. The maximum Gasteiger partial charge on any atom is 0.181 e. The largest absolute Gasteiger partial charge is 0.394 e. The van der Waals surface area contributed by atoms with E-state index in [4.69, 9.17) is 9.84 Å². The van der Waals surface area contributed by atoms with E-state index < -0.39 is 24.5 Å². The van der Waals surface area contributed by atoms with Crippen molar-refractivity contribution in [3.05, 3.63) is 12.5 Å². The van der Waals surface area contributed by atoms with Crippen LogP contribution in [0.5, 0.6) is 0 Å². The van der Waals surface area contributed by atoms with Crippen molar-refractivity contribution in [2.45, 2.75) is 37.9 Å². The van der Waals surface area contributed by atoms with Crippen molar-refractivity contribution in [2.24, 2.45) is 0 Å². The Kier molecular flexibility index (Phi) is 4.21. The third-order valence-corrected chi connectivity index (χ3v) is 3.69. The fourth-order valence-electron chi connectivity index (χ4n) is 2.51. The third-order valence-electron chi connectivity index (χ3n) is 3.69. The van der Waals surface area contributed by atoms with Gasteiger partial charge in [-0.1, -0.05) is 6.92 Å². The summed E-state index contributed by atoms with van der Waals surface area (Å²) in [5, 5.41) is 37.2. The quantitative estimate of drug-likeness (QED) is 0.569. The van der Waals surface area contributed by atoms with E-state index in [1.807, 2.05) is 6.92 Å². The van der Waals surface area contributed by atoms with Crippen LogP contribution in [0.25, 0.3) is 11.0 Å². The van der Waals surface area contributed by atoms with Gasteiger partial charge in [-0.25, -0.2) is 14.6 Å². The Morgan fingerprint density at radius 1 is 1.32 bits per heavy atom. The highest BCUT2D eigenvalue weighted by atomic mass is 16.6. The molecule has 0 spiro atoms. The van der Waals surface area contributed by atoms with Gasteiger partial charge in [0.05, 0.1) is 18.2 Å². The summed E-state index contributed by atoms with van der Waals surface area (Å²) < 4.78 is 6.88. The van der Waals surface area contributed by atoms with Crippen LogP contribution >= 0.6 is 0 Å². The summed E-state index contributed by atoms with van der Waals surface area (Å²) in [5.74, 6) is 0.657. The second kappa shape index (κ2) is 6.13. The van der Waals surface area contributed by atoms with Gasteiger partial charge in [0.15, 0.2) is 11.9 Å². The fraction of sp³-hybridized carbons (Fsp3) is 0.615. The molecule has 4 unspecified atom stereocenters. The first kappa shape index (κ1) is 15.1. The van der Waals surface area contributed by atoms with Crippen LogP contribution in [-0.2, 0) is 4.74 Å². The predicted molar refractivity (Wildman–Crippen MR) is 77.1 cm³/mol. The van der Waals surface area contributed by atoms with Gasteiger partial charge >= 0.3 is 0 Å². The Hall–Kier alpha value is -1.81. The van der Waals surface area contributed by atoms with Crippen molar-refractivity contribution in [3.63, 3.8) is 0 Å². The minimum Gasteiger partial charge on any atom is -0.394 e. The molecule has 9 heteroatoms. The van der Waals surface area contributed by atoms with Gasteiger partial charge in [-0.2, -0.15) is 5.10 Å². The molecule has 1 aliphatic rings. The average molecular weight is 309 g/mol. The summed E-state index contributed by atoms with van der Waals surface area (Å²) in [6, 6.07) is 0. The zero-order valence-electron chi connectivity index (χ0n) is 12.1. The molecule has 3 rings (SSSR count). The van der Waals surface area contributed by atoms with Gasteiger partial charge in [-0.15, -0.1) is 0 Å². The molecular formula is C13H19N5O4. The molecule has 4 atom stereocenters. The third kappa shape index (κ3) is 2.41. The number of ether oxygens (including phenoxy) is 1. The van der Waals surface area contributed by atoms with E-state index in [9.17, 15) is 10.2 Å². The summed E-state index contributed by atoms with van der Waals surface area (Å²) in [7, 11) is 0. The van der Waals surface area contributed by atoms with Crippen LogP contribution in [0.4, 0.5) is 5.82 Å². The van der Waals surface area contributed by atoms with E-state index in [0.717, 1.165) is 13.0 Å². The van der Waals surface area contributed by atoms with Gasteiger partial charge in [-0.3, -0.25) is 0 Å². The number of hydrogen-bond donors (Lipinski definition) is 4. The highest BCUT2D eigenvalue weighted by molar-refractivity contribution is 5.86. The van der Waals surface area contributed by atoms with Gasteiger partial charge in [-0.05, 0) is 6.42 Å². The molecule has 0 bridgehead atoms. The highest BCUT2D eigenvalue weighted by Gasteiger charge is 2.44. The lowest BCUT2D eigenvalue weighted by atomic mass is 10.1. The molecule has 1 saturated heterocycles. The lowest BCUT2D eigenvalue weighted by Gasteiger charge is -2.15. The van der Waals surface area contributed by atoms with Crippen LogP contribution < -0.4 is 5.32 Å². The Bertz CT molecular complexity index is 648. The molecule has 2 aromatic rings. The summed E-state index contributed by atoms with van der Waals surface area (Å²) in [6.45, 7) is 2.44. The van der Waals surface area contributed by atoms with E-state index in [1.54, 1.807) is 6.20 Å². The molecule has 1 fully saturated rings. The number of aromatic nitrogens is 4. The smallest absolute Gasteiger partial charge is 0.181 e. The number of nitrogens with one attached hydrogen (secondary N) is 1. The molecule has 0 aliphatic carbocycles. The SMILES string of the molecule is CCCNc1ncnc2c1cnn2C1OC(CO)C(O)C1O. The van der Waals surface area contributed by atoms with Gasteiger partial charge in [0.2, 0.25) is 0 Å². The normalized spacial score (nSPS) is 28.4. The first-order chi connectivity index (χ1) is 10.7. The lowest BCUT2D eigenvalue weighted by molar-refractivity contribution is -0.0566. The molecule has 4 N–H and O–H groups in total. The van der Waals surface area contributed by atoms with Gasteiger partial charge in [0, 0.05) is 6.54 Å². The van der Waals surface area contributed by atoms with E-state index in [0.29, 0.717) is 16.9 Å². The molecule has 3 heterocycles. The zero-order chi connectivity index (χ0) is 15.7. The Morgan fingerprint density at radius 3 is 2.82 bits per heavy atom. The molecule has 1 aliphatic heterocycles. The van der Waals surface area contributed by atoms with Crippen LogP contribution in [0.1, 0.15) is 19.6 Å². The van der Waals surface area contributed by atoms with E-state index >= 15 is 0 Å². The zero-order valence-corrected chi connectivity index (χ0v) is 12.1. The molecule has 22 heavy (non-hydrogen) atoms. The number of aliphatic hydroxyl groups is 3. The van der Waals surface area contributed by atoms with Crippen LogP contribution in [0.2, 0.25) is 0 Å². The minimum absolute atomic E-state index is 0.383. The van der Waals surface area contributed by atoms with Crippen LogP contribution in [0, 0.1) is 0 Å². The minimum atomic E-state index is -1.19. The Balaban J connectivity index is 1.95. The molecule has 120 valence electrons. The second-order valence-electron chi connectivity index (χ2n) is 5.20. The van der Waals surface area contributed by atoms with Gasteiger partial charge in [0.1, 0.15) is 30.5 Å². The van der Waals surface area contributed by atoms with Crippen LogP contribution in [0.15, 0.2) is 12.5 Å². The van der Waals surface area contributed by atoms with Crippen molar-refractivity contribution in [2.75, 3.05) is 18.5 Å². The Labute approximate surface area is 126 Å². The number of fused-ring (bicyclic) bond motifs is 1. The van der Waals surface area contributed by atoms with Crippen molar-refractivity contribution in [1.29, 1.82) is 0 Å². The number of hydrogen-bond acceptors (Lipinski definition) is 8. The van der Waals surface area contributed by atoms with E-state index in [2.05, 4.69) is 20.4 Å². The summed E-state index contributed by atoms with van der Waals surface area (Å²) in [4.78, 5) is 8.36. The number of rotatable bonds is 5. The predicted octanol–water partition coefficient (Wildman–Crippen LogP) is -0.740. The maximum atomic E-state index is 10.1. The summed E-state index contributed by atoms with van der Waals surface area (Å²) in [6.07, 6.45) is -0.176. The Morgan fingerprint density at radius 2 is 2.14 bits per heavy atom. The molecular weight excluding hydrogens is 290 g/mol. The highest BCUT2D eigenvalue weighted by Crippen LogP contribution is 2.31. The summed E-state index contributed by atoms with van der Waals surface area (Å²) in [5.41, 5.74) is 0.489. The number of anilines is 1. The molecule has 0 aromatic carbocycles. The number of nitrogens with zero attached hydrogens (tertiary/aromatic N) is 4. The molecule has 0 amide bonds. The molecule has 2 aromatic heterocycles. The molecule has 9 nitrogen and oxygen atoms in total. The molecule has 0 saturated carbocycles. The maximum absolute atomic E-state index is 10.1. The monoisotopic (exact) mass is 309 g/mol. The summed E-state index contributed by atoms with van der Waals surface area (Å²) >= 11 is 0. The first-order valence-electron chi connectivity index (χ1n) is 7.22. The van der Waals surface area contributed by atoms with Gasteiger partial charge < -0.3 is 25.4 Å². The van der Waals surface area contributed by atoms with E-state index in [-0.39, 0.29) is 6.61 Å². The average Bonchev–Trinajstić information content (AvgIpc) is 3.08. The van der Waals surface area contributed by atoms with Crippen molar-refractivity contribution < 1.29 is 20.1 Å². The number of aliphatic hydroxyl groups excluding tert-OH is 3. The second-order valence-corrected chi connectivity index (χ2v) is 5.20. The van der Waals surface area contributed by atoms with Crippen molar-refractivity contribution in [1.82, 2.24) is 19.7 Å². The van der Waals surface area contributed by atoms with E-state index in [1.165, 1.54) is 11.0 Å². The van der Waals surface area contributed by atoms with Crippen molar-refractivity contribution in [3.8, 4) is 0 Å². The van der Waals surface area contributed by atoms with Gasteiger partial charge in [0.25, 0.3) is 0 Å². The van der Waals surface area contributed by atoms with Crippen LogP contribution in [-0.4, -0.2) is 66.5 Å². The first-order valence-corrected chi connectivity index (χ1v) is 7.22.